The van der Waals surface area contributed by atoms with E-state index in [1.54, 1.807) is 19.1 Å². The van der Waals surface area contributed by atoms with Crippen molar-refractivity contribution < 1.29 is 17.9 Å². The average molecular weight is 392 g/mol. The second-order valence-electron chi connectivity index (χ2n) is 6.51. The molecule has 2 aromatic carbocycles. The predicted octanol–water partition coefficient (Wildman–Crippen LogP) is 4.01. The molecule has 1 atom stereocenters. The highest BCUT2D eigenvalue weighted by Gasteiger charge is 2.31. The second kappa shape index (κ2) is 7.06. The lowest BCUT2D eigenvalue weighted by Crippen LogP contribution is -2.17. The summed E-state index contributed by atoms with van der Waals surface area (Å²) in [5.41, 5.74) is 5.91. The summed E-state index contributed by atoms with van der Waals surface area (Å²) in [4.78, 5) is 18.5. The molecule has 148 valence electrons. The van der Waals surface area contributed by atoms with Crippen LogP contribution in [0.1, 0.15) is 29.7 Å². The van der Waals surface area contributed by atoms with E-state index in [-0.39, 0.29) is 11.5 Å². The number of methoxy groups -OCH3 is 1. The van der Waals surface area contributed by atoms with Crippen LogP contribution in [-0.4, -0.2) is 17.1 Å². The van der Waals surface area contributed by atoms with E-state index in [1.165, 1.54) is 13.2 Å². The molecule has 4 N–H and O–H groups in total. The molecule has 6 nitrogen and oxygen atoms in total. The van der Waals surface area contributed by atoms with Gasteiger partial charge >= 0.3 is 11.9 Å². The van der Waals surface area contributed by atoms with Gasteiger partial charge in [-0.1, -0.05) is 0 Å². The number of hydrogen-bond donors (Lipinski definition) is 3. The topological polar surface area (TPSA) is 93.0 Å². The monoisotopic (exact) mass is 392 g/mol. The molecule has 0 bridgehead atoms. The fourth-order valence-electron chi connectivity index (χ4n) is 3.00. The molecular weight excluding hydrogens is 373 g/mol. The van der Waals surface area contributed by atoms with Crippen LogP contribution in [0, 0.1) is 6.92 Å². The molecule has 0 saturated heterocycles. The second-order valence-corrected chi connectivity index (χ2v) is 6.51. The number of aryl methyl sites for hydroxylation is 1. The first-order chi connectivity index (χ1) is 13.1. The van der Waals surface area contributed by atoms with Crippen LogP contribution in [0.4, 0.5) is 24.7 Å². The van der Waals surface area contributed by atoms with Crippen molar-refractivity contribution in [2.45, 2.75) is 26.1 Å². The highest BCUT2D eigenvalue weighted by atomic mass is 19.4. The summed E-state index contributed by atoms with van der Waals surface area (Å²) in [7, 11) is 1.52. The number of H-pyrrole nitrogens is 1. The third-order valence-electron chi connectivity index (χ3n) is 4.40. The van der Waals surface area contributed by atoms with Crippen LogP contribution in [0.5, 0.6) is 5.75 Å². The number of fused-ring (bicyclic) bond motifs is 1. The number of aromatic amines is 1. The maximum Gasteiger partial charge on any atom is 0.416 e. The molecule has 1 unspecified atom stereocenters. The van der Waals surface area contributed by atoms with Crippen LogP contribution in [0.3, 0.4) is 0 Å². The Morgan fingerprint density at radius 2 is 1.93 bits per heavy atom. The lowest BCUT2D eigenvalue weighted by atomic mass is 10.0. The van der Waals surface area contributed by atoms with E-state index < -0.39 is 23.5 Å². The zero-order valence-corrected chi connectivity index (χ0v) is 15.4. The Morgan fingerprint density at radius 1 is 1.21 bits per heavy atom. The summed E-state index contributed by atoms with van der Waals surface area (Å²) >= 11 is 0. The minimum atomic E-state index is -4.51. The van der Waals surface area contributed by atoms with Crippen LogP contribution in [0.2, 0.25) is 0 Å². The van der Waals surface area contributed by atoms with E-state index in [4.69, 9.17) is 10.5 Å². The first-order valence-electron chi connectivity index (χ1n) is 8.41. The molecule has 9 heteroatoms. The van der Waals surface area contributed by atoms with Gasteiger partial charge in [-0.15, -0.1) is 0 Å². The average Bonchev–Trinajstić information content (AvgIpc) is 2.59. The SMILES string of the molecule is COc1cc2c(NC(C)c3cc(N)cc(C(F)(F)F)c3)nc(=O)[nH]c2cc1C. The van der Waals surface area contributed by atoms with Gasteiger partial charge in [-0.2, -0.15) is 18.2 Å². The molecule has 3 aromatic rings. The maximum absolute atomic E-state index is 13.1. The number of nitrogens with zero attached hydrogens (tertiary/aromatic N) is 1. The van der Waals surface area contributed by atoms with Crippen LogP contribution in [-0.2, 0) is 6.18 Å². The van der Waals surface area contributed by atoms with Crippen molar-refractivity contribution in [2.75, 3.05) is 18.2 Å². The summed E-state index contributed by atoms with van der Waals surface area (Å²) in [6.45, 7) is 3.49. The summed E-state index contributed by atoms with van der Waals surface area (Å²) in [6, 6.07) is 6.22. The third-order valence-corrected chi connectivity index (χ3v) is 4.40. The number of alkyl halides is 3. The zero-order chi connectivity index (χ0) is 20.6. The number of aromatic nitrogens is 2. The van der Waals surface area contributed by atoms with Gasteiger partial charge in [0.05, 0.1) is 24.2 Å². The van der Waals surface area contributed by atoms with Gasteiger partial charge in [-0.25, -0.2) is 4.79 Å². The summed E-state index contributed by atoms with van der Waals surface area (Å²) < 4.78 is 44.5. The number of ether oxygens (including phenoxy) is 1. The number of nitrogens with two attached hydrogens (primary N) is 1. The third kappa shape index (κ3) is 3.88. The van der Waals surface area contributed by atoms with E-state index in [0.717, 1.165) is 17.7 Å². The minimum absolute atomic E-state index is 0.000467. The lowest BCUT2D eigenvalue weighted by molar-refractivity contribution is -0.137. The van der Waals surface area contributed by atoms with E-state index in [1.807, 2.05) is 6.92 Å². The van der Waals surface area contributed by atoms with Crippen molar-refractivity contribution in [1.82, 2.24) is 9.97 Å². The van der Waals surface area contributed by atoms with Crippen molar-refractivity contribution in [3.8, 4) is 5.75 Å². The van der Waals surface area contributed by atoms with Gasteiger partial charge in [0.25, 0.3) is 0 Å². The van der Waals surface area contributed by atoms with Gasteiger partial charge in [0.15, 0.2) is 0 Å². The number of anilines is 2. The van der Waals surface area contributed by atoms with Crippen molar-refractivity contribution in [1.29, 1.82) is 0 Å². The van der Waals surface area contributed by atoms with Crippen molar-refractivity contribution in [3.05, 3.63) is 57.5 Å². The van der Waals surface area contributed by atoms with Gasteiger partial charge in [0.2, 0.25) is 0 Å². The molecule has 0 aliphatic rings. The number of nitrogen functional groups attached to an aromatic ring is 1. The Kier molecular flexibility index (Phi) is 4.93. The smallest absolute Gasteiger partial charge is 0.416 e. The van der Waals surface area contributed by atoms with Crippen molar-refractivity contribution >= 4 is 22.4 Å². The molecule has 28 heavy (non-hydrogen) atoms. The van der Waals surface area contributed by atoms with E-state index in [2.05, 4.69) is 15.3 Å². The van der Waals surface area contributed by atoms with Crippen LogP contribution in [0.25, 0.3) is 10.9 Å². The van der Waals surface area contributed by atoms with E-state index in [0.29, 0.717) is 22.2 Å². The molecule has 1 heterocycles. The number of hydrogen-bond acceptors (Lipinski definition) is 5. The highest BCUT2D eigenvalue weighted by Crippen LogP contribution is 2.34. The molecule has 0 aliphatic carbocycles. The van der Waals surface area contributed by atoms with Gasteiger partial charge in [-0.3, -0.25) is 0 Å². The Morgan fingerprint density at radius 3 is 2.57 bits per heavy atom. The van der Waals surface area contributed by atoms with Gasteiger partial charge in [0, 0.05) is 11.1 Å². The largest absolute Gasteiger partial charge is 0.496 e. The molecule has 0 amide bonds. The number of nitrogens with one attached hydrogen (secondary N) is 2. The molecule has 0 radical (unpaired) electrons. The molecule has 0 spiro atoms. The van der Waals surface area contributed by atoms with Gasteiger partial charge in [0.1, 0.15) is 11.6 Å². The lowest BCUT2D eigenvalue weighted by Gasteiger charge is -2.19. The van der Waals surface area contributed by atoms with Gasteiger partial charge in [-0.05, 0) is 55.3 Å². The highest BCUT2D eigenvalue weighted by molar-refractivity contribution is 5.90. The molecule has 0 saturated carbocycles. The molecular formula is C19H19F3N4O2. The van der Waals surface area contributed by atoms with Crippen LogP contribution >= 0.6 is 0 Å². The first kappa shape index (κ1) is 19.5. The molecule has 0 fully saturated rings. The number of rotatable bonds is 4. The van der Waals surface area contributed by atoms with Crippen LogP contribution < -0.4 is 21.5 Å². The van der Waals surface area contributed by atoms with Crippen LogP contribution in [0.15, 0.2) is 35.1 Å². The molecule has 0 aliphatic heterocycles. The van der Waals surface area contributed by atoms with Crippen molar-refractivity contribution in [3.63, 3.8) is 0 Å². The van der Waals surface area contributed by atoms with E-state index >= 15 is 0 Å². The maximum atomic E-state index is 13.1. The Balaban J connectivity index is 2.05. The first-order valence-corrected chi connectivity index (χ1v) is 8.41. The fourth-order valence-corrected chi connectivity index (χ4v) is 3.00. The quantitative estimate of drug-likeness (QED) is 0.584. The Hall–Kier alpha value is -3.23. The zero-order valence-electron chi connectivity index (χ0n) is 15.4. The molecule has 3 rings (SSSR count). The minimum Gasteiger partial charge on any atom is -0.496 e. The fraction of sp³-hybridized carbons (Fsp3) is 0.263. The Bertz CT molecular complexity index is 1090. The number of halogens is 3. The standard InChI is InChI=1S/C19H19F3N4O2/c1-9-4-15-14(8-16(9)28-3)17(26-18(27)25-15)24-10(2)11-5-12(19(20,21)22)7-13(23)6-11/h4-8,10H,23H2,1-3H3,(H2,24,25,26,27). The predicted molar refractivity (Wildman–Crippen MR) is 102 cm³/mol. The normalized spacial score (nSPS) is 12.8. The summed E-state index contributed by atoms with van der Waals surface area (Å²) in [5, 5.41) is 3.59. The summed E-state index contributed by atoms with van der Waals surface area (Å²) in [6.07, 6.45) is -4.51. The van der Waals surface area contributed by atoms with Gasteiger partial charge < -0.3 is 20.8 Å². The van der Waals surface area contributed by atoms with Crippen molar-refractivity contribution in [2.24, 2.45) is 0 Å². The number of benzene rings is 2. The Labute approximate surface area is 158 Å². The summed E-state index contributed by atoms with van der Waals surface area (Å²) in [5.74, 6) is 0.834. The van der Waals surface area contributed by atoms with E-state index in [9.17, 15) is 18.0 Å². The molecule has 1 aromatic heterocycles.